The molecule has 10 heteroatoms. The predicted molar refractivity (Wildman–Crippen MR) is 127 cm³/mol. The van der Waals surface area contributed by atoms with Crippen molar-refractivity contribution in [3.63, 3.8) is 0 Å². The van der Waals surface area contributed by atoms with Gasteiger partial charge in [-0.05, 0) is 54.1 Å². The normalized spacial score (nSPS) is 11.4. The van der Waals surface area contributed by atoms with E-state index in [0.29, 0.717) is 24.7 Å². The average Bonchev–Trinajstić information content (AvgIpc) is 3.27. The van der Waals surface area contributed by atoms with E-state index in [1.165, 1.54) is 0 Å². The van der Waals surface area contributed by atoms with Crippen LogP contribution in [-0.4, -0.2) is 48.1 Å². The summed E-state index contributed by atoms with van der Waals surface area (Å²) in [6.45, 7) is 0.629. The maximum absolute atomic E-state index is 11.3. The van der Waals surface area contributed by atoms with Gasteiger partial charge in [0.15, 0.2) is 0 Å². The van der Waals surface area contributed by atoms with E-state index in [2.05, 4.69) is 15.1 Å². The van der Waals surface area contributed by atoms with Crippen LogP contribution in [0.3, 0.4) is 0 Å². The largest absolute Gasteiger partial charge is 0.495 e. The third-order valence-electron chi connectivity index (χ3n) is 4.92. The molecule has 176 valence electrons. The first-order valence-corrected chi connectivity index (χ1v) is 12.3. The van der Waals surface area contributed by atoms with Crippen molar-refractivity contribution < 1.29 is 22.1 Å². The van der Waals surface area contributed by atoms with Crippen molar-refractivity contribution in [2.24, 2.45) is 0 Å². The quantitative estimate of drug-likeness (QED) is 0.317. The fourth-order valence-electron chi connectivity index (χ4n) is 3.26. The molecule has 3 aromatic heterocycles. The monoisotopic (exact) mass is 480 g/mol. The Bertz CT molecular complexity index is 1320. The number of nitrogens with zero attached hydrogens (tertiary/aromatic N) is 4. The summed E-state index contributed by atoms with van der Waals surface area (Å²) in [6, 6.07) is 15.1. The second kappa shape index (κ2) is 10.4. The molecule has 0 atom stereocenters. The lowest BCUT2D eigenvalue weighted by Crippen LogP contribution is -2.10. The van der Waals surface area contributed by atoms with Gasteiger partial charge >= 0.3 is 0 Å². The fraction of sp³-hybridized carbons (Fsp3) is 0.208. The third-order valence-corrected chi connectivity index (χ3v) is 5.51. The lowest BCUT2D eigenvalue weighted by atomic mass is 10.0. The van der Waals surface area contributed by atoms with Crippen LogP contribution in [0.1, 0.15) is 5.69 Å². The summed E-state index contributed by atoms with van der Waals surface area (Å²) in [5, 5.41) is 4.67. The number of rotatable bonds is 10. The Morgan fingerprint density at radius 3 is 2.32 bits per heavy atom. The van der Waals surface area contributed by atoms with E-state index in [4.69, 9.17) is 13.7 Å². The second-order valence-electron chi connectivity index (χ2n) is 7.42. The first kappa shape index (κ1) is 23.4. The van der Waals surface area contributed by atoms with E-state index in [0.717, 1.165) is 34.3 Å². The predicted octanol–water partition coefficient (Wildman–Crippen LogP) is 3.57. The summed E-state index contributed by atoms with van der Waals surface area (Å²) >= 11 is 0. The van der Waals surface area contributed by atoms with Crippen LogP contribution in [0, 0.1) is 0 Å². The van der Waals surface area contributed by atoms with Crippen LogP contribution in [0.25, 0.3) is 22.4 Å². The maximum Gasteiger partial charge on any atom is 0.264 e. The zero-order valence-corrected chi connectivity index (χ0v) is 19.6. The van der Waals surface area contributed by atoms with Gasteiger partial charge in [-0.3, -0.25) is 18.8 Å². The molecule has 0 saturated carbocycles. The van der Waals surface area contributed by atoms with Gasteiger partial charge in [0.25, 0.3) is 10.1 Å². The van der Waals surface area contributed by atoms with E-state index in [1.807, 2.05) is 54.7 Å². The van der Waals surface area contributed by atoms with Gasteiger partial charge in [-0.1, -0.05) is 0 Å². The van der Waals surface area contributed by atoms with Crippen LogP contribution in [0.2, 0.25) is 0 Å². The molecule has 0 fully saturated rings. The first-order valence-electron chi connectivity index (χ1n) is 10.5. The molecule has 0 aliphatic heterocycles. The summed E-state index contributed by atoms with van der Waals surface area (Å²) in [7, 11) is -1.91. The number of hydrogen-bond acceptors (Lipinski definition) is 8. The fourth-order valence-corrected chi connectivity index (χ4v) is 3.63. The summed E-state index contributed by atoms with van der Waals surface area (Å²) in [6.07, 6.45) is 7.98. The minimum atomic E-state index is -3.51. The minimum Gasteiger partial charge on any atom is -0.495 e. The molecule has 9 nitrogen and oxygen atoms in total. The van der Waals surface area contributed by atoms with E-state index >= 15 is 0 Å². The Kier molecular flexibility index (Phi) is 7.19. The van der Waals surface area contributed by atoms with Crippen molar-refractivity contribution in [1.29, 1.82) is 0 Å². The molecular formula is C24H24N4O5S. The Hall–Kier alpha value is -3.76. The number of methoxy groups -OCH3 is 1. The highest BCUT2D eigenvalue weighted by Crippen LogP contribution is 2.32. The van der Waals surface area contributed by atoms with Crippen LogP contribution in [0.15, 0.2) is 73.3 Å². The molecule has 3 heterocycles. The topological polar surface area (TPSA) is 105 Å². The van der Waals surface area contributed by atoms with Crippen LogP contribution >= 0.6 is 0 Å². The maximum atomic E-state index is 11.3. The van der Waals surface area contributed by atoms with Crippen molar-refractivity contribution >= 4 is 10.1 Å². The molecule has 0 radical (unpaired) electrons. The van der Waals surface area contributed by atoms with Crippen LogP contribution in [0.5, 0.6) is 11.5 Å². The molecular weight excluding hydrogens is 456 g/mol. The van der Waals surface area contributed by atoms with Gasteiger partial charge < -0.3 is 9.47 Å². The van der Waals surface area contributed by atoms with E-state index in [9.17, 15) is 8.42 Å². The molecule has 0 bridgehead atoms. The highest BCUT2D eigenvalue weighted by molar-refractivity contribution is 7.85. The van der Waals surface area contributed by atoms with Crippen LogP contribution < -0.4 is 9.47 Å². The molecule has 4 rings (SSSR count). The molecule has 0 unspecified atom stereocenters. The molecule has 34 heavy (non-hydrogen) atoms. The molecule has 0 amide bonds. The van der Waals surface area contributed by atoms with Crippen molar-refractivity contribution in [2.75, 3.05) is 20.0 Å². The van der Waals surface area contributed by atoms with Gasteiger partial charge in [0.1, 0.15) is 23.8 Å². The van der Waals surface area contributed by atoms with Gasteiger partial charge in [-0.25, -0.2) is 0 Å². The summed E-state index contributed by atoms with van der Waals surface area (Å²) in [4.78, 5) is 8.38. The van der Waals surface area contributed by atoms with Crippen molar-refractivity contribution in [3.05, 3.63) is 79.0 Å². The smallest absolute Gasteiger partial charge is 0.264 e. The molecule has 0 aliphatic carbocycles. The minimum absolute atomic E-state index is 0.00190. The SMILES string of the molecule is COc1ccc(COc2ccc(-c3nn(CCOS(C)(=O)=O)cc3-c3ccncc3)cc2)nc1. The third kappa shape index (κ3) is 6.18. The molecule has 0 N–H and O–H groups in total. The lowest BCUT2D eigenvalue weighted by Gasteiger charge is -2.08. The number of aromatic nitrogens is 4. The van der Waals surface area contributed by atoms with Gasteiger partial charge in [0.05, 0.1) is 38.4 Å². The molecule has 0 spiro atoms. The Balaban J connectivity index is 1.52. The van der Waals surface area contributed by atoms with Crippen molar-refractivity contribution in [3.8, 4) is 33.9 Å². The number of benzene rings is 1. The van der Waals surface area contributed by atoms with Gasteiger partial charge in [0.2, 0.25) is 0 Å². The second-order valence-corrected chi connectivity index (χ2v) is 9.06. The van der Waals surface area contributed by atoms with Crippen molar-refractivity contribution in [1.82, 2.24) is 19.7 Å². The molecule has 0 aliphatic rings. The zero-order chi connectivity index (χ0) is 24.0. The zero-order valence-electron chi connectivity index (χ0n) is 18.8. The molecule has 1 aromatic carbocycles. The average molecular weight is 481 g/mol. The standard InChI is InChI=1S/C24H24N4O5S/c1-31-22-8-5-20(26-15-22)17-32-21-6-3-19(4-7-21)24-23(18-9-11-25-12-10-18)16-28(27-24)13-14-33-34(2,29)30/h3-12,15-16H,13-14,17H2,1-2H3. The van der Waals surface area contributed by atoms with Crippen LogP contribution in [0.4, 0.5) is 0 Å². The van der Waals surface area contributed by atoms with E-state index < -0.39 is 10.1 Å². The van der Waals surface area contributed by atoms with Gasteiger partial charge in [0, 0.05) is 29.7 Å². The number of hydrogen-bond donors (Lipinski definition) is 0. The Labute approximate surface area is 198 Å². The number of pyridine rings is 2. The Morgan fingerprint density at radius 2 is 1.68 bits per heavy atom. The molecule has 0 saturated heterocycles. The molecule has 4 aromatic rings. The summed E-state index contributed by atoms with van der Waals surface area (Å²) in [5.41, 5.74) is 4.29. The lowest BCUT2D eigenvalue weighted by molar-refractivity contribution is 0.297. The van der Waals surface area contributed by atoms with E-state index in [1.54, 1.807) is 30.4 Å². The van der Waals surface area contributed by atoms with E-state index in [-0.39, 0.29) is 6.61 Å². The highest BCUT2D eigenvalue weighted by Gasteiger charge is 2.14. The Morgan fingerprint density at radius 1 is 0.941 bits per heavy atom. The van der Waals surface area contributed by atoms with Crippen LogP contribution in [-0.2, 0) is 27.5 Å². The summed E-state index contributed by atoms with van der Waals surface area (Å²) in [5.74, 6) is 1.40. The number of ether oxygens (including phenoxy) is 2. The van der Waals surface area contributed by atoms with Gasteiger partial charge in [-0.2, -0.15) is 13.5 Å². The van der Waals surface area contributed by atoms with Gasteiger partial charge in [-0.15, -0.1) is 0 Å². The van der Waals surface area contributed by atoms with Crippen molar-refractivity contribution in [2.45, 2.75) is 13.2 Å². The summed E-state index contributed by atoms with van der Waals surface area (Å²) < 4.78 is 40.0. The highest BCUT2D eigenvalue weighted by atomic mass is 32.2. The first-order chi connectivity index (χ1) is 16.4.